The summed E-state index contributed by atoms with van der Waals surface area (Å²) in [6.45, 7) is 0.125. The van der Waals surface area contributed by atoms with E-state index in [1.807, 2.05) is 0 Å². The van der Waals surface area contributed by atoms with Gasteiger partial charge >= 0.3 is 0 Å². The molecule has 1 saturated carbocycles. The van der Waals surface area contributed by atoms with Gasteiger partial charge in [0.1, 0.15) is 6.33 Å². The van der Waals surface area contributed by atoms with Crippen LogP contribution in [0.1, 0.15) is 6.42 Å². The van der Waals surface area contributed by atoms with Gasteiger partial charge in [-0.1, -0.05) is 5.92 Å². The molecule has 1 aliphatic carbocycles. The average molecular weight is 300 g/mol. The molecule has 2 heterocycles. The third kappa shape index (κ3) is 2.26. The van der Waals surface area contributed by atoms with Crippen LogP contribution >= 0.6 is 0 Å². The number of hydrogen-bond acceptors (Lipinski definition) is 7. The smallest absolute Gasteiger partial charge is 0.224 e. The maximum absolute atomic E-state index is 9.35. The number of nitrogens with two attached hydrogens (primary N) is 1. The van der Waals surface area contributed by atoms with Gasteiger partial charge < -0.3 is 21.3 Å². The van der Waals surface area contributed by atoms with Crippen LogP contribution in [0.25, 0.3) is 17.4 Å². The van der Waals surface area contributed by atoms with Crippen molar-refractivity contribution >= 4 is 29.1 Å². The van der Waals surface area contributed by atoms with Crippen LogP contribution in [0.2, 0.25) is 0 Å². The second kappa shape index (κ2) is 5.29. The number of nitrogen functional groups attached to an aromatic ring is 1. The van der Waals surface area contributed by atoms with Gasteiger partial charge in [0.2, 0.25) is 5.95 Å². The number of aromatic nitrogens is 4. The number of terminal acetylenes is 1. The van der Waals surface area contributed by atoms with Crippen LogP contribution in [0.5, 0.6) is 0 Å². The van der Waals surface area contributed by atoms with Crippen molar-refractivity contribution in [3.63, 3.8) is 0 Å². The molecule has 0 aliphatic heterocycles. The first-order valence-corrected chi connectivity index (χ1v) is 6.74. The molecular weight excluding hydrogens is 284 g/mol. The van der Waals surface area contributed by atoms with E-state index in [1.165, 1.54) is 0 Å². The lowest BCUT2D eigenvalue weighted by Gasteiger charge is -2.06. The first kappa shape index (κ1) is 14.3. The van der Waals surface area contributed by atoms with E-state index in [0.29, 0.717) is 29.9 Å². The first-order chi connectivity index (χ1) is 10.6. The van der Waals surface area contributed by atoms with Crippen molar-refractivity contribution in [3.8, 4) is 12.3 Å². The highest BCUT2D eigenvalue weighted by Crippen LogP contribution is 2.51. The average Bonchev–Trinajstić information content (AvgIpc) is 3.09. The minimum atomic E-state index is -0.528. The van der Waals surface area contributed by atoms with Gasteiger partial charge in [-0.3, -0.25) is 4.57 Å². The number of rotatable bonds is 5. The predicted molar refractivity (Wildman–Crippen MR) is 82.6 cm³/mol. The van der Waals surface area contributed by atoms with Crippen LogP contribution in [0.15, 0.2) is 11.9 Å². The molecule has 8 nitrogen and oxygen atoms in total. The molecule has 8 heteroatoms. The first-order valence-electron chi connectivity index (χ1n) is 6.74. The lowest BCUT2D eigenvalue weighted by Crippen LogP contribution is -2.12. The molecular formula is C14H16N6O2. The SMILES string of the molecule is C#CCNc1nc(N)nc2c1ncn2C=C1CC1(CO)CO. The van der Waals surface area contributed by atoms with E-state index in [-0.39, 0.29) is 19.2 Å². The predicted octanol–water partition coefficient (Wildman–Crippen LogP) is -0.331. The summed E-state index contributed by atoms with van der Waals surface area (Å²) in [5, 5.41) is 21.7. The molecule has 0 aromatic carbocycles. The second-order valence-corrected chi connectivity index (χ2v) is 5.24. The Balaban J connectivity index is 2.01. The van der Waals surface area contributed by atoms with Crippen LogP contribution in [-0.4, -0.2) is 49.5 Å². The van der Waals surface area contributed by atoms with Crippen molar-refractivity contribution in [2.75, 3.05) is 30.8 Å². The molecule has 0 bridgehead atoms. The Kier molecular flexibility index (Phi) is 3.44. The molecule has 0 saturated heterocycles. The summed E-state index contributed by atoms with van der Waals surface area (Å²) in [6.07, 6.45) is 9.26. The summed E-state index contributed by atoms with van der Waals surface area (Å²) in [5.74, 6) is 3.05. The molecule has 0 radical (unpaired) electrons. The number of nitrogens with one attached hydrogen (secondary N) is 1. The third-order valence-corrected chi connectivity index (χ3v) is 3.78. The van der Waals surface area contributed by atoms with Crippen LogP contribution in [0.3, 0.4) is 0 Å². The molecule has 0 spiro atoms. The second-order valence-electron chi connectivity index (χ2n) is 5.24. The Morgan fingerprint density at radius 1 is 1.45 bits per heavy atom. The van der Waals surface area contributed by atoms with Crippen LogP contribution in [0, 0.1) is 17.8 Å². The highest BCUT2D eigenvalue weighted by atomic mass is 16.3. The van der Waals surface area contributed by atoms with Gasteiger partial charge in [-0.2, -0.15) is 9.97 Å². The molecule has 1 fully saturated rings. The Labute approximate surface area is 126 Å². The topological polar surface area (TPSA) is 122 Å². The number of nitrogens with zero attached hydrogens (tertiary/aromatic N) is 4. The standard InChI is InChI=1S/C14H16N6O2/c1-2-3-16-11-10-12(19-13(15)18-11)20(8-17-10)5-9-4-14(9,6-21)7-22/h1,5,8,21-22H,3-4,6-7H2,(H3,15,16,18,19). The van der Waals surface area contributed by atoms with Crippen LogP contribution in [0.4, 0.5) is 11.8 Å². The number of hydrogen-bond donors (Lipinski definition) is 4. The molecule has 0 unspecified atom stereocenters. The largest absolute Gasteiger partial charge is 0.395 e. The molecule has 0 atom stereocenters. The zero-order valence-corrected chi connectivity index (χ0v) is 11.8. The van der Waals surface area contributed by atoms with E-state index in [9.17, 15) is 10.2 Å². The molecule has 2 aromatic rings. The number of aliphatic hydroxyl groups is 2. The third-order valence-electron chi connectivity index (χ3n) is 3.78. The molecule has 0 amide bonds. The Morgan fingerprint density at radius 3 is 2.86 bits per heavy atom. The van der Waals surface area contributed by atoms with Gasteiger partial charge in [-0.25, -0.2) is 4.98 Å². The summed E-state index contributed by atoms with van der Waals surface area (Å²) < 4.78 is 1.71. The van der Waals surface area contributed by atoms with E-state index in [2.05, 4.69) is 26.2 Å². The Hall–Kier alpha value is -2.63. The monoisotopic (exact) mass is 300 g/mol. The fraction of sp³-hybridized carbons (Fsp3) is 0.357. The van der Waals surface area contributed by atoms with E-state index in [4.69, 9.17) is 12.2 Å². The highest BCUT2D eigenvalue weighted by Gasteiger charge is 2.48. The van der Waals surface area contributed by atoms with Gasteiger partial charge in [0.05, 0.1) is 19.8 Å². The fourth-order valence-corrected chi connectivity index (χ4v) is 2.32. The van der Waals surface area contributed by atoms with Crippen molar-refractivity contribution in [1.82, 2.24) is 19.5 Å². The number of aliphatic hydroxyl groups excluding tert-OH is 2. The van der Waals surface area contributed by atoms with Crippen LogP contribution < -0.4 is 11.1 Å². The molecule has 3 rings (SSSR count). The molecule has 1 aliphatic rings. The molecule has 114 valence electrons. The molecule has 2 aromatic heterocycles. The van der Waals surface area contributed by atoms with Gasteiger partial charge in [-0.15, -0.1) is 6.42 Å². The Morgan fingerprint density at radius 2 is 2.23 bits per heavy atom. The van der Waals surface area contributed by atoms with E-state index < -0.39 is 5.41 Å². The summed E-state index contributed by atoms with van der Waals surface area (Å²) in [4.78, 5) is 12.6. The maximum Gasteiger partial charge on any atom is 0.224 e. The highest BCUT2D eigenvalue weighted by molar-refractivity contribution is 5.85. The normalized spacial score (nSPS) is 17.6. The van der Waals surface area contributed by atoms with Gasteiger partial charge in [0.25, 0.3) is 0 Å². The van der Waals surface area contributed by atoms with Gasteiger partial charge in [-0.05, 0) is 12.0 Å². The number of anilines is 2. The van der Waals surface area contributed by atoms with Gasteiger partial charge in [0.15, 0.2) is 17.0 Å². The quantitative estimate of drug-likeness (QED) is 0.558. The minimum absolute atomic E-state index is 0.0892. The van der Waals surface area contributed by atoms with Crippen molar-refractivity contribution in [3.05, 3.63) is 11.9 Å². The minimum Gasteiger partial charge on any atom is -0.395 e. The fourth-order valence-electron chi connectivity index (χ4n) is 2.32. The Bertz CT molecular complexity index is 784. The molecule has 22 heavy (non-hydrogen) atoms. The summed E-state index contributed by atoms with van der Waals surface area (Å²) >= 11 is 0. The zero-order chi connectivity index (χ0) is 15.7. The van der Waals surface area contributed by atoms with Crippen LogP contribution in [-0.2, 0) is 0 Å². The summed E-state index contributed by atoms with van der Waals surface area (Å²) in [5.41, 5.74) is 7.22. The van der Waals surface area contributed by atoms with E-state index >= 15 is 0 Å². The van der Waals surface area contributed by atoms with E-state index in [1.54, 1.807) is 17.1 Å². The lowest BCUT2D eigenvalue weighted by molar-refractivity contribution is 0.143. The van der Waals surface area contributed by atoms with Crippen molar-refractivity contribution < 1.29 is 10.2 Å². The maximum atomic E-state index is 9.35. The van der Waals surface area contributed by atoms with Crippen molar-refractivity contribution in [1.29, 1.82) is 0 Å². The van der Waals surface area contributed by atoms with Gasteiger partial charge in [0, 0.05) is 11.6 Å². The van der Waals surface area contributed by atoms with E-state index in [0.717, 1.165) is 5.57 Å². The summed E-state index contributed by atoms with van der Waals surface area (Å²) in [6, 6.07) is 0. The summed E-state index contributed by atoms with van der Waals surface area (Å²) in [7, 11) is 0. The lowest BCUT2D eigenvalue weighted by atomic mass is 10.1. The van der Waals surface area contributed by atoms with Crippen molar-refractivity contribution in [2.24, 2.45) is 5.41 Å². The van der Waals surface area contributed by atoms with Crippen molar-refractivity contribution in [2.45, 2.75) is 6.42 Å². The number of imidazole rings is 1. The zero-order valence-electron chi connectivity index (χ0n) is 11.8. The number of fused-ring (bicyclic) bond motifs is 1. The molecule has 5 N–H and O–H groups in total.